The molecule has 0 bridgehead atoms. The maximum Gasteiger partial charge on any atom is 0.320 e. The summed E-state index contributed by atoms with van der Waals surface area (Å²) in [4.78, 5) is 25.2. The average Bonchev–Trinajstić information content (AvgIpc) is 2.72. The summed E-state index contributed by atoms with van der Waals surface area (Å²) >= 11 is 0. The first-order chi connectivity index (χ1) is 13.6. The Hall–Kier alpha value is -3.07. The van der Waals surface area contributed by atoms with E-state index in [4.69, 9.17) is 9.47 Å². The van der Waals surface area contributed by atoms with Gasteiger partial charge in [-0.3, -0.25) is 5.32 Å². The van der Waals surface area contributed by atoms with Crippen molar-refractivity contribution in [1.29, 1.82) is 0 Å². The molecule has 1 aromatic carbocycles. The third-order valence-corrected chi connectivity index (χ3v) is 4.62. The number of ether oxygens (including phenoxy) is 2. The van der Waals surface area contributed by atoms with Crippen LogP contribution in [0.15, 0.2) is 30.6 Å². The van der Waals surface area contributed by atoms with Crippen molar-refractivity contribution >= 4 is 17.7 Å². The number of anilines is 2. The lowest BCUT2D eigenvalue weighted by Crippen LogP contribution is -2.44. The van der Waals surface area contributed by atoms with Crippen LogP contribution in [0.1, 0.15) is 5.56 Å². The molecule has 9 nitrogen and oxygen atoms in total. The standard InChI is InChI=1S/C19H26N6O3/c1-24-6-8-25(9-7-24)18-11-17(21-13-22-18)23-19(26)20-12-14-4-5-15(27-2)16(10-14)28-3/h4-5,10-11,13H,6-9,12H2,1-3H3,(H2,20,21,22,23,26). The van der Waals surface area contributed by atoms with Crippen molar-refractivity contribution in [3.05, 3.63) is 36.2 Å². The van der Waals surface area contributed by atoms with Gasteiger partial charge in [-0.15, -0.1) is 0 Å². The molecule has 1 fully saturated rings. The fraction of sp³-hybridized carbons (Fsp3) is 0.421. The number of benzene rings is 1. The van der Waals surface area contributed by atoms with Gasteiger partial charge >= 0.3 is 6.03 Å². The second kappa shape index (κ2) is 9.23. The molecule has 0 radical (unpaired) electrons. The molecule has 1 aliphatic rings. The van der Waals surface area contributed by atoms with E-state index in [1.165, 1.54) is 6.33 Å². The van der Waals surface area contributed by atoms with Crippen molar-refractivity contribution in [1.82, 2.24) is 20.2 Å². The third kappa shape index (κ3) is 5.01. The topological polar surface area (TPSA) is 91.9 Å². The molecule has 0 aliphatic carbocycles. The summed E-state index contributed by atoms with van der Waals surface area (Å²) in [5, 5.41) is 5.57. The minimum atomic E-state index is -0.335. The van der Waals surface area contributed by atoms with Crippen molar-refractivity contribution in [2.45, 2.75) is 6.54 Å². The minimum absolute atomic E-state index is 0.335. The Morgan fingerprint density at radius 2 is 1.82 bits per heavy atom. The van der Waals surface area contributed by atoms with Gasteiger partial charge in [-0.1, -0.05) is 6.07 Å². The predicted molar refractivity (Wildman–Crippen MR) is 107 cm³/mol. The van der Waals surface area contributed by atoms with Crippen LogP contribution < -0.4 is 25.0 Å². The van der Waals surface area contributed by atoms with E-state index in [0.717, 1.165) is 37.6 Å². The van der Waals surface area contributed by atoms with E-state index in [9.17, 15) is 4.79 Å². The van der Waals surface area contributed by atoms with Crippen LogP contribution in [0.5, 0.6) is 11.5 Å². The number of hydrogen-bond acceptors (Lipinski definition) is 7. The van der Waals surface area contributed by atoms with Crippen molar-refractivity contribution in [2.75, 3.05) is 57.7 Å². The first kappa shape index (κ1) is 19.7. The number of amides is 2. The molecule has 1 aliphatic heterocycles. The third-order valence-electron chi connectivity index (χ3n) is 4.62. The average molecular weight is 386 g/mol. The number of piperazine rings is 1. The Kier molecular flexibility index (Phi) is 6.49. The molecule has 3 rings (SSSR count). The number of nitrogens with zero attached hydrogens (tertiary/aromatic N) is 4. The molecule has 0 saturated carbocycles. The highest BCUT2D eigenvalue weighted by Gasteiger charge is 2.16. The van der Waals surface area contributed by atoms with Crippen LogP contribution in [0, 0.1) is 0 Å². The number of carbonyl (C=O) groups excluding carboxylic acids is 1. The van der Waals surface area contributed by atoms with Gasteiger partial charge in [-0.05, 0) is 24.7 Å². The van der Waals surface area contributed by atoms with Crippen LogP contribution in [-0.2, 0) is 6.54 Å². The fourth-order valence-electron chi connectivity index (χ4n) is 2.96. The Bertz CT molecular complexity index is 808. The highest BCUT2D eigenvalue weighted by atomic mass is 16.5. The van der Waals surface area contributed by atoms with Crippen molar-refractivity contribution < 1.29 is 14.3 Å². The summed E-state index contributed by atoms with van der Waals surface area (Å²) in [5.74, 6) is 2.55. The lowest BCUT2D eigenvalue weighted by molar-refractivity contribution is 0.251. The number of aromatic nitrogens is 2. The van der Waals surface area contributed by atoms with Crippen molar-refractivity contribution in [3.63, 3.8) is 0 Å². The highest BCUT2D eigenvalue weighted by Crippen LogP contribution is 2.27. The largest absolute Gasteiger partial charge is 0.493 e. The zero-order chi connectivity index (χ0) is 19.9. The molecular formula is C19H26N6O3. The molecule has 2 aromatic rings. The van der Waals surface area contributed by atoms with E-state index in [1.807, 2.05) is 12.1 Å². The zero-order valence-corrected chi connectivity index (χ0v) is 16.4. The summed E-state index contributed by atoms with van der Waals surface area (Å²) in [6, 6.07) is 6.97. The summed E-state index contributed by atoms with van der Waals surface area (Å²) < 4.78 is 10.5. The second-order valence-electron chi connectivity index (χ2n) is 6.55. The van der Waals surface area contributed by atoms with Gasteiger partial charge in [0, 0.05) is 38.8 Å². The van der Waals surface area contributed by atoms with Gasteiger partial charge in [0.05, 0.1) is 14.2 Å². The molecular weight excluding hydrogens is 360 g/mol. The summed E-state index contributed by atoms with van der Waals surface area (Å²) in [5.41, 5.74) is 0.897. The monoisotopic (exact) mass is 386 g/mol. The van der Waals surface area contributed by atoms with Gasteiger partial charge < -0.3 is 24.6 Å². The molecule has 1 aromatic heterocycles. The predicted octanol–water partition coefficient (Wildman–Crippen LogP) is 1.57. The van der Waals surface area contributed by atoms with Crippen LogP contribution in [0.25, 0.3) is 0 Å². The van der Waals surface area contributed by atoms with Gasteiger partial charge in [0.15, 0.2) is 11.5 Å². The van der Waals surface area contributed by atoms with Crippen LogP contribution in [0.2, 0.25) is 0 Å². The summed E-state index contributed by atoms with van der Waals surface area (Å²) in [6.45, 7) is 4.12. The number of carbonyl (C=O) groups is 1. The maximum absolute atomic E-state index is 12.2. The smallest absolute Gasteiger partial charge is 0.320 e. The number of hydrogen-bond donors (Lipinski definition) is 2. The van der Waals surface area contributed by atoms with Crippen LogP contribution >= 0.6 is 0 Å². The van der Waals surface area contributed by atoms with E-state index in [1.54, 1.807) is 26.4 Å². The van der Waals surface area contributed by atoms with Crippen LogP contribution in [-0.4, -0.2) is 68.3 Å². The van der Waals surface area contributed by atoms with Gasteiger partial charge in [0.2, 0.25) is 0 Å². The Morgan fingerprint density at radius 1 is 1.07 bits per heavy atom. The van der Waals surface area contributed by atoms with Crippen LogP contribution in [0.3, 0.4) is 0 Å². The fourth-order valence-corrected chi connectivity index (χ4v) is 2.96. The zero-order valence-electron chi connectivity index (χ0n) is 16.4. The van der Waals surface area contributed by atoms with E-state index < -0.39 is 0 Å². The number of urea groups is 1. The first-order valence-electron chi connectivity index (χ1n) is 9.10. The van der Waals surface area contributed by atoms with E-state index in [0.29, 0.717) is 23.9 Å². The Morgan fingerprint density at radius 3 is 2.54 bits per heavy atom. The van der Waals surface area contributed by atoms with Gasteiger partial charge in [-0.25, -0.2) is 14.8 Å². The first-order valence-corrected chi connectivity index (χ1v) is 9.10. The minimum Gasteiger partial charge on any atom is -0.493 e. The summed E-state index contributed by atoms with van der Waals surface area (Å²) in [7, 11) is 5.27. The second-order valence-corrected chi connectivity index (χ2v) is 6.55. The van der Waals surface area contributed by atoms with E-state index in [-0.39, 0.29) is 6.03 Å². The molecule has 0 atom stereocenters. The quantitative estimate of drug-likeness (QED) is 0.778. The summed E-state index contributed by atoms with van der Waals surface area (Å²) in [6.07, 6.45) is 1.47. The number of rotatable bonds is 6. The molecule has 1 saturated heterocycles. The molecule has 0 unspecified atom stereocenters. The number of methoxy groups -OCH3 is 2. The van der Waals surface area contributed by atoms with Crippen LogP contribution in [0.4, 0.5) is 16.4 Å². The lowest BCUT2D eigenvalue weighted by Gasteiger charge is -2.33. The SMILES string of the molecule is COc1ccc(CNC(=O)Nc2cc(N3CCN(C)CC3)ncn2)cc1OC. The number of nitrogens with one attached hydrogen (secondary N) is 2. The van der Waals surface area contributed by atoms with Crippen molar-refractivity contribution in [3.8, 4) is 11.5 Å². The number of likely N-dealkylation sites (N-methyl/N-ethyl adjacent to an activating group) is 1. The Labute approximate surface area is 164 Å². The van der Waals surface area contributed by atoms with Gasteiger partial charge in [-0.2, -0.15) is 0 Å². The molecule has 0 spiro atoms. The normalized spacial score (nSPS) is 14.5. The molecule has 9 heteroatoms. The lowest BCUT2D eigenvalue weighted by atomic mass is 10.2. The highest BCUT2D eigenvalue weighted by molar-refractivity contribution is 5.88. The molecule has 2 heterocycles. The van der Waals surface area contributed by atoms with Gasteiger partial charge in [0.25, 0.3) is 0 Å². The van der Waals surface area contributed by atoms with E-state index in [2.05, 4.69) is 37.4 Å². The maximum atomic E-state index is 12.2. The molecule has 28 heavy (non-hydrogen) atoms. The molecule has 2 N–H and O–H groups in total. The van der Waals surface area contributed by atoms with E-state index >= 15 is 0 Å². The van der Waals surface area contributed by atoms with Crippen molar-refractivity contribution in [2.24, 2.45) is 0 Å². The molecule has 150 valence electrons. The Balaban J connectivity index is 1.56. The molecule has 2 amide bonds. The van der Waals surface area contributed by atoms with Gasteiger partial charge in [0.1, 0.15) is 18.0 Å².